The van der Waals surface area contributed by atoms with Gasteiger partial charge in [0.2, 0.25) is 5.91 Å². The maximum atomic E-state index is 12.5. The second kappa shape index (κ2) is 7.78. The van der Waals surface area contributed by atoms with Crippen LogP contribution in [0.25, 0.3) is 5.69 Å². The number of piperidine rings is 1. The molecule has 31 heavy (non-hydrogen) atoms. The van der Waals surface area contributed by atoms with Gasteiger partial charge in [-0.15, -0.1) is 0 Å². The lowest BCUT2D eigenvalue weighted by molar-refractivity contribution is -0.123. The average molecular weight is 423 g/mol. The second-order valence-electron chi connectivity index (χ2n) is 8.43. The van der Waals surface area contributed by atoms with Crippen LogP contribution in [0.4, 0.5) is 10.6 Å². The highest BCUT2D eigenvalue weighted by Crippen LogP contribution is 2.44. The first-order chi connectivity index (χ1) is 15.0. The van der Waals surface area contributed by atoms with Gasteiger partial charge in [-0.05, 0) is 35.6 Å². The molecule has 2 aliphatic heterocycles. The smallest absolute Gasteiger partial charge is 0.353 e. The van der Waals surface area contributed by atoms with Gasteiger partial charge in [-0.3, -0.25) is 19.6 Å². The van der Waals surface area contributed by atoms with E-state index in [1.165, 1.54) is 15.0 Å². The summed E-state index contributed by atoms with van der Waals surface area (Å²) in [5.41, 5.74) is 7.41. The molecule has 4 N–H and O–H groups in total. The van der Waals surface area contributed by atoms with Gasteiger partial charge in [-0.2, -0.15) is 4.98 Å². The Morgan fingerprint density at radius 1 is 1.16 bits per heavy atom. The van der Waals surface area contributed by atoms with Crippen LogP contribution in [-0.2, 0) is 11.3 Å². The minimum atomic E-state index is -0.490. The zero-order valence-electron chi connectivity index (χ0n) is 17.0. The quantitative estimate of drug-likeness (QED) is 0.614. The molecule has 1 aromatic heterocycles. The fraction of sp³-hybridized carbons (Fsp3) is 0.429. The molecule has 1 aliphatic carbocycles. The van der Waals surface area contributed by atoms with Gasteiger partial charge in [0.25, 0.3) is 0 Å². The van der Waals surface area contributed by atoms with E-state index in [1.807, 2.05) is 24.3 Å². The van der Waals surface area contributed by atoms with Crippen LogP contribution >= 0.6 is 0 Å². The summed E-state index contributed by atoms with van der Waals surface area (Å²) in [6.07, 6.45) is 1.58. The molecule has 10 heteroatoms. The first-order valence-corrected chi connectivity index (χ1v) is 10.5. The normalized spacial score (nSPS) is 25.1. The number of aromatic nitrogens is 2. The molecule has 5 rings (SSSR count). The number of carbonyl (C=O) groups excluding carboxylic acids is 2. The number of piperazine rings is 1. The van der Waals surface area contributed by atoms with Gasteiger partial charge >= 0.3 is 11.7 Å². The van der Waals surface area contributed by atoms with Crippen LogP contribution in [0.1, 0.15) is 5.56 Å². The van der Waals surface area contributed by atoms with E-state index in [9.17, 15) is 14.4 Å². The number of rotatable bonds is 4. The Kier molecular flexibility index (Phi) is 4.95. The van der Waals surface area contributed by atoms with E-state index in [1.54, 1.807) is 12.3 Å². The zero-order valence-corrected chi connectivity index (χ0v) is 17.0. The fourth-order valence-electron chi connectivity index (χ4n) is 4.48. The highest BCUT2D eigenvalue weighted by molar-refractivity contribution is 5.92. The highest BCUT2D eigenvalue weighted by Gasteiger charge is 2.53. The van der Waals surface area contributed by atoms with Crippen LogP contribution in [0, 0.1) is 11.8 Å². The van der Waals surface area contributed by atoms with Crippen LogP contribution in [0.2, 0.25) is 0 Å². The molecule has 1 saturated carbocycles. The first-order valence-electron chi connectivity index (χ1n) is 10.5. The summed E-state index contributed by atoms with van der Waals surface area (Å²) in [7, 11) is 0. The molecular weight excluding hydrogens is 398 g/mol. The van der Waals surface area contributed by atoms with Crippen molar-refractivity contribution >= 4 is 17.8 Å². The molecule has 3 amide bonds. The number of likely N-dealkylation sites (tertiary alicyclic amines) is 1. The fourth-order valence-corrected chi connectivity index (χ4v) is 4.48. The van der Waals surface area contributed by atoms with Crippen molar-refractivity contribution in [3.05, 3.63) is 52.6 Å². The van der Waals surface area contributed by atoms with E-state index in [0.717, 1.165) is 19.6 Å². The molecule has 162 valence electrons. The third-order valence-corrected chi connectivity index (χ3v) is 6.32. The van der Waals surface area contributed by atoms with Crippen molar-refractivity contribution in [3.8, 4) is 5.69 Å². The number of benzene rings is 1. The maximum Gasteiger partial charge on any atom is 0.354 e. The van der Waals surface area contributed by atoms with Crippen LogP contribution in [0.15, 0.2) is 41.3 Å². The molecule has 0 spiro atoms. The Morgan fingerprint density at radius 3 is 2.58 bits per heavy atom. The number of amides is 3. The van der Waals surface area contributed by atoms with E-state index in [-0.39, 0.29) is 18.3 Å². The summed E-state index contributed by atoms with van der Waals surface area (Å²) >= 11 is 0. The summed E-state index contributed by atoms with van der Waals surface area (Å²) < 4.78 is 1.43. The molecule has 1 aromatic carbocycles. The van der Waals surface area contributed by atoms with Gasteiger partial charge in [-0.1, -0.05) is 12.1 Å². The number of nitrogens with zero attached hydrogens (tertiary/aromatic N) is 4. The van der Waals surface area contributed by atoms with Crippen molar-refractivity contribution in [1.82, 2.24) is 24.7 Å². The van der Waals surface area contributed by atoms with E-state index < -0.39 is 11.7 Å². The van der Waals surface area contributed by atoms with Crippen LogP contribution in [0.3, 0.4) is 0 Å². The number of fused-ring (bicyclic) bond motifs is 1. The Morgan fingerprint density at radius 2 is 1.90 bits per heavy atom. The van der Waals surface area contributed by atoms with E-state index in [4.69, 9.17) is 5.73 Å². The topological polar surface area (TPSA) is 126 Å². The minimum absolute atomic E-state index is 0.0131. The monoisotopic (exact) mass is 423 g/mol. The number of nitrogens with two attached hydrogens (primary N) is 1. The van der Waals surface area contributed by atoms with Crippen molar-refractivity contribution < 1.29 is 9.59 Å². The summed E-state index contributed by atoms with van der Waals surface area (Å²) in [5, 5.41) is 5.24. The Hall–Kier alpha value is -3.24. The number of urea groups is 1. The van der Waals surface area contributed by atoms with Crippen LogP contribution in [0.5, 0.6) is 0 Å². The first kappa shape index (κ1) is 19.7. The Labute approximate surface area is 179 Å². The molecule has 2 aromatic rings. The number of anilines is 1. The van der Waals surface area contributed by atoms with Gasteiger partial charge in [-0.25, -0.2) is 9.59 Å². The lowest BCUT2D eigenvalue weighted by atomic mass is 10.2. The van der Waals surface area contributed by atoms with Crippen molar-refractivity contribution in [2.75, 3.05) is 38.0 Å². The third kappa shape index (κ3) is 4.04. The molecule has 0 radical (unpaired) electrons. The van der Waals surface area contributed by atoms with Gasteiger partial charge in [0.1, 0.15) is 12.4 Å². The summed E-state index contributed by atoms with van der Waals surface area (Å²) in [4.78, 5) is 43.9. The Balaban J connectivity index is 1.22. The van der Waals surface area contributed by atoms with Crippen LogP contribution in [-0.4, -0.2) is 70.1 Å². The maximum absolute atomic E-state index is 12.5. The molecule has 10 nitrogen and oxygen atoms in total. The van der Waals surface area contributed by atoms with E-state index >= 15 is 0 Å². The lowest BCUT2D eigenvalue weighted by Gasteiger charge is -2.26. The minimum Gasteiger partial charge on any atom is -0.353 e. The highest BCUT2D eigenvalue weighted by atomic mass is 16.2. The Bertz CT molecular complexity index is 1060. The number of hydrogen-bond donors (Lipinski definition) is 3. The van der Waals surface area contributed by atoms with Gasteiger partial charge in [0.15, 0.2) is 0 Å². The predicted octanol–water partition coefficient (Wildman–Crippen LogP) is -0.415. The van der Waals surface area contributed by atoms with E-state index in [0.29, 0.717) is 36.7 Å². The second-order valence-corrected chi connectivity index (χ2v) is 8.43. The molecule has 3 fully saturated rings. The molecular formula is C21H25N7O3. The molecule has 1 unspecified atom stereocenters. The van der Waals surface area contributed by atoms with Crippen molar-refractivity contribution in [2.24, 2.45) is 17.6 Å². The van der Waals surface area contributed by atoms with Gasteiger partial charge < -0.3 is 16.0 Å². The number of carbonyl (C=O) groups is 2. The van der Waals surface area contributed by atoms with Crippen LogP contribution < -0.4 is 22.1 Å². The van der Waals surface area contributed by atoms with Gasteiger partial charge in [0.05, 0.1) is 5.69 Å². The third-order valence-electron chi connectivity index (χ3n) is 6.32. The lowest BCUT2D eigenvalue weighted by Crippen LogP contribution is -2.51. The predicted molar refractivity (Wildman–Crippen MR) is 114 cm³/mol. The SMILES string of the molecule is NC1[C@H]2CN(Cc3ccc(-n4ccc(NC(=O)N5CCNC(=O)C5)nc4=O)cc3)C[C@@H]12. The number of nitrogens with one attached hydrogen (secondary N) is 2. The van der Waals surface area contributed by atoms with E-state index in [2.05, 4.69) is 20.5 Å². The summed E-state index contributed by atoms with van der Waals surface area (Å²) in [6, 6.07) is 9.33. The number of hydrogen-bond acceptors (Lipinski definition) is 6. The largest absolute Gasteiger partial charge is 0.354 e. The summed E-state index contributed by atoms with van der Waals surface area (Å²) in [6.45, 7) is 3.81. The molecule has 0 bridgehead atoms. The summed E-state index contributed by atoms with van der Waals surface area (Å²) in [5.74, 6) is 1.27. The van der Waals surface area contributed by atoms with Crippen molar-refractivity contribution in [2.45, 2.75) is 12.6 Å². The zero-order chi connectivity index (χ0) is 21.5. The van der Waals surface area contributed by atoms with Crippen molar-refractivity contribution in [3.63, 3.8) is 0 Å². The standard InChI is InChI=1S/C21H25N7O3/c22-19-15-10-26(11-16(15)19)9-13-1-3-14(4-2-13)28-7-5-17(25-21(28)31)24-20(30)27-8-6-23-18(29)12-27/h1-5,7,15-16,19H,6,8-12,22H2,(H,23,29)(H,24,25,30,31)/t15-,16+,19?. The molecule has 3 aliphatic rings. The molecule has 3 atom stereocenters. The van der Waals surface area contributed by atoms with Gasteiger partial charge in [0, 0.05) is 45.0 Å². The van der Waals surface area contributed by atoms with Crippen molar-refractivity contribution in [1.29, 1.82) is 0 Å². The molecule has 3 heterocycles. The molecule has 2 saturated heterocycles. The average Bonchev–Trinajstić information content (AvgIpc) is 3.15.